The minimum absolute atomic E-state index is 0.00897. The molecule has 1 amide bonds. The van der Waals surface area contributed by atoms with E-state index in [9.17, 15) is 4.79 Å². The Morgan fingerprint density at radius 1 is 1.17 bits per heavy atom. The molecule has 0 bridgehead atoms. The molecule has 1 atom stereocenters. The third-order valence-electron chi connectivity index (χ3n) is 4.37. The van der Waals surface area contributed by atoms with Gasteiger partial charge in [-0.1, -0.05) is 12.1 Å². The standard InChI is InChI=1S/C19H22N2O3/c1-23-16-8-5-14(6-9-16)17(13-3-4-13)11-18(22)21-15-7-10-19(24-2)20-12-15/h5-10,12-13,17H,3-4,11H2,1-2H3,(H,21,22). The number of nitrogens with one attached hydrogen (secondary N) is 1. The quantitative estimate of drug-likeness (QED) is 0.844. The number of hydrogen-bond acceptors (Lipinski definition) is 4. The smallest absolute Gasteiger partial charge is 0.225 e. The Bertz CT molecular complexity index is 679. The zero-order chi connectivity index (χ0) is 16.9. The second kappa shape index (κ2) is 7.34. The van der Waals surface area contributed by atoms with Crippen LogP contribution in [-0.4, -0.2) is 25.1 Å². The van der Waals surface area contributed by atoms with Crippen LogP contribution in [0, 0.1) is 5.92 Å². The number of pyridine rings is 1. The van der Waals surface area contributed by atoms with E-state index in [0.717, 1.165) is 5.75 Å². The normalized spacial score (nSPS) is 14.8. The first-order valence-corrected chi connectivity index (χ1v) is 8.13. The van der Waals surface area contributed by atoms with Crippen molar-refractivity contribution in [2.45, 2.75) is 25.2 Å². The maximum atomic E-state index is 12.4. The Kier molecular flexibility index (Phi) is 4.99. The fourth-order valence-electron chi connectivity index (χ4n) is 2.89. The number of ether oxygens (including phenoxy) is 2. The van der Waals surface area contributed by atoms with Crippen molar-refractivity contribution in [3.8, 4) is 11.6 Å². The molecular formula is C19H22N2O3. The van der Waals surface area contributed by atoms with E-state index < -0.39 is 0 Å². The lowest BCUT2D eigenvalue weighted by atomic mass is 9.90. The Hall–Kier alpha value is -2.56. The number of carbonyl (C=O) groups excluding carboxylic acids is 1. The van der Waals surface area contributed by atoms with Crippen LogP contribution in [0.15, 0.2) is 42.6 Å². The number of amides is 1. The maximum absolute atomic E-state index is 12.4. The predicted molar refractivity (Wildman–Crippen MR) is 92.5 cm³/mol. The highest BCUT2D eigenvalue weighted by molar-refractivity contribution is 5.91. The predicted octanol–water partition coefficient (Wildman–Crippen LogP) is 3.62. The Morgan fingerprint density at radius 3 is 2.46 bits per heavy atom. The summed E-state index contributed by atoms with van der Waals surface area (Å²) in [6, 6.07) is 11.6. The molecule has 24 heavy (non-hydrogen) atoms. The van der Waals surface area contributed by atoms with Gasteiger partial charge in [0.1, 0.15) is 5.75 Å². The second-order valence-electron chi connectivity index (χ2n) is 6.06. The lowest BCUT2D eigenvalue weighted by molar-refractivity contribution is -0.116. The summed E-state index contributed by atoms with van der Waals surface area (Å²) in [6.45, 7) is 0. The van der Waals surface area contributed by atoms with Gasteiger partial charge in [-0.15, -0.1) is 0 Å². The van der Waals surface area contributed by atoms with Crippen LogP contribution in [-0.2, 0) is 4.79 Å². The van der Waals surface area contributed by atoms with Crippen molar-refractivity contribution < 1.29 is 14.3 Å². The summed E-state index contributed by atoms with van der Waals surface area (Å²) in [5.74, 6) is 2.22. The highest BCUT2D eigenvalue weighted by Crippen LogP contribution is 2.44. The minimum Gasteiger partial charge on any atom is -0.497 e. The van der Waals surface area contributed by atoms with Gasteiger partial charge in [-0.25, -0.2) is 4.98 Å². The van der Waals surface area contributed by atoms with Gasteiger partial charge in [-0.05, 0) is 48.4 Å². The second-order valence-corrected chi connectivity index (χ2v) is 6.06. The first-order valence-electron chi connectivity index (χ1n) is 8.13. The number of methoxy groups -OCH3 is 2. The molecule has 2 aromatic rings. The number of aromatic nitrogens is 1. The van der Waals surface area contributed by atoms with Gasteiger partial charge in [0.15, 0.2) is 0 Å². The maximum Gasteiger partial charge on any atom is 0.225 e. The van der Waals surface area contributed by atoms with Gasteiger partial charge >= 0.3 is 0 Å². The van der Waals surface area contributed by atoms with Crippen LogP contribution in [0.3, 0.4) is 0 Å². The number of carbonyl (C=O) groups is 1. The molecule has 1 aliphatic rings. The third-order valence-corrected chi connectivity index (χ3v) is 4.37. The molecule has 3 rings (SSSR count). The molecule has 0 radical (unpaired) electrons. The Labute approximate surface area is 142 Å². The molecular weight excluding hydrogens is 304 g/mol. The lowest BCUT2D eigenvalue weighted by Gasteiger charge is -2.17. The first kappa shape index (κ1) is 16.3. The van der Waals surface area contributed by atoms with Gasteiger partial charge in [0.25, 0.3) is 0 Å². The molecule has 1 aliphatic carbocycles. The van der Waals surface area contributed by atoms with Crippen molar-refractivity contribution in [1.29, 1.82) is 0 Å². The molecule has 1 fully saturated rings. The monoisotopic (exact) mass is 326 g/mol. The third kappa shape index (κ3) is 4.04. The molecule has 1 aromatic carbocycles. The number of nitrogens with zero attached hydrogens (tertiary/aromatic N) is 1. The average Bonchev–Trinajstić information content (AvgIpc) is 3.45. The molecule has 0 spiro atoms. The van der Waals surface area contributed by atoms with Gasteiger partial charge in [0.2, 0.25) is 11.8 Å². The fraction of sp³-hybridized carbons (Fsp3) is 0.368. The van der Waals surface area contributed by atoms with E-state index in [0.29, 0.717) is 23.9 Å². The largest absolute Gasteiger partial charge is 0.497 e. The van der Waals surface area contributed by atoms with Gasteiger partial charge in [-0.3, -0.25) is 4.79 Å². The van der Waals surface area contributed by atoms with Crippen molar-refractivity contribution in [1.82, 2.24) is 4.98 Å². The molecule has 0 saturated heterocycles. The Morgan fingerprint density at radius 2 is 1.92 bits per heavy atom. The summed E-state index contributed by atoms with van der Waals surface area (Å²) in [4.78, 5) is 16.5. The molecule has 5 nitrogen and oxygen atoms in total. The summed E-state index contributed by atoms with van der Waals surface area (Å²) >= 11 is 0. The highest BCUT2D eigenvalue weighted by atomic mass is 16.5. The highest BCUT2D eigenvalue weighted by Gasteiger charge is 2.33. The van der Waals surface area contributed by atoms with Gasteiger partial charge in [0, 0.05) is 12.5 Å². The minimum atomic E-state index is 0.00897. The number of rotatable bonds is 7. The van der Waals surface area contributed by atoms with E-state index in [-0.39, 0.29) is 11.8 Å². The van der Waals surface area contributed by atoms with Gasteiger partial charge < -0.3 is 14.8 Å². The SMILES string of the molecule is COc1ccc(C(CC(=O)Nc2ccc(OC)nc2)C2CC2)cc1. The summed E-state index contributed by atoms with van der Waals surface area (Å²) in [7, 11) is 3.22. The average molecular weight is 326 g/mol. The van der Waals surface area contributed by atoms with E-state index in [1.54, 1.807) is 32.5 Å². The van der Waals surface area contributed by atoms with Crippen molar-refractivity contribution in [3.05, 3.63) is 48.2 Å². The topological polar surface area (TPSA) is 60.5 Å². The summed E-state index contributed by atoms with van der Waals surface area (Å²) in [6.07, 6.45) is 4.46. The van der Waals surface area contributed by atoms with E-state index in [1.807, 2.05) is 12.1 Å². The van der Waals surface area contributed by atoms with Crippen molar-refractivity contribution in [2.75, 3.05) is 19.5 Å². The van der Waals surface area contributed by atoms with E-state index in [4.69, 9.17) is 9.47 Å². The molecule has 1 N–H and O–H groups in total. The first-order chi connectivity index (χ1) is 11.7. The van der Waals surface area contributed by atoms with Crippen LogP contribution < -0.4 is 14.8 Å². The number of hydrogen-bond donors (Lipinski definition) is 1. The zero-order valence-corrected chi connectivity index (χ0v) is 14.0. The van der Waals surface area contributed by atoms with Crippen LogP contribution >= 0.6 is 0 Å². The lowest BCUT2D eigenvalue weighted by Crippen LogP contribution is -2.17. The van der Waals surface area contributed by atoms with Crippen LogP contribution in [0.5, 0.6) is 11.6 Å². The van der Waals surface area contributed by atoms with E-state index in [1.165, 1.54) is 18.4 Å². The number of benzene rings is 1. The summed E-state index contributed by atoms with van der Waals surface area (Å²) < 4.78 is 10.2. The summed E-state index contributed by atoms with van der Waals surface area (Å²) in [5.41, 5.74) is 1.88. The molecule has 1 aromatic heterocycles. The Balaban J connectivity index is 1.65. The van der Waals surface area contributed by atoms with Crippen LogP contribution in [0.2, 0.25) is 0 Å². The van der Waals surface area contributed by atoms with Crippen LogP contribution in [0.4, 0.5) is 5.69 Å². The van der Waals surface area contributed by atoms with Gasteiger partial charge in [0.05, 0.1) is 26.1 Å². The van der Waals surface area contributed by atoms with Gasteiger partial charge in [-0.2, -0.15) is 0 Å². The molecule has 126 valence electrons. The molecule has 1 unspecified atom stereocenters. The van der Waals surface area contributed by atoms with Crippen LogP contribution in [0.1, 0.15) is 30.7 Å². The van der Waals surface area contributed by atoms with Crippen molar-refractivity contribution >= 4 is 11.6 Å². The molecule has 0 aliphatic heterocycles. The molecule has 1 heterocycles. The van der Waals surface area contributed by atoms with E-state index >= 15 is 0 Å². The van der Waals surface area contributed by atoms with Crippen molar-refractivity contribution in [2.24, 2.45) is 5.92 Å². The van der Waals surface area contributed by atoms with E-state index in [2.05, 4.69) is 22.4 Å². The zero-order valence-electron chi connectivity index (χ0n) is 14.0. The fourth-order valence-corrected chi connectivity index (χ4v) is 2.89. The molecule has 5 heteroatoms. The summed E-state index contributed by atoms with van der Waals surface area (Å²) in [5, 5.41) is 2.92. The van der Waals surface area contributed by atoms with Crippen LogP contribution in [0.25, 0.3) is 0 Å². The van der Waals surface area contributed by atoms with Crippen molar-refractivity contribution in [3.63, 3.8) is 0 Å². The molecule has 1 saturated carbocycles. The number of anilines is 1.